The van der Waals surface area contributed by atoms with Crippen LogP contribution in [0.3, 0.4) is 0 Å². The molecule has 14 heavy (non-hydrogen) atoms. The lowest BCUT2D eigenvalue weighted by atomic mass is 10.0. The first kappa shape index (κ1) is 11.0. The Bertz CT molecular complexity index is 426. The lowest BCUT2D eigenvalue weighted by Crippen LogP contribution is -2.10. The molecule has 0 aliphatic carbocycles. The van der Waals surface area contributed by atoms with Crippen LogP contribution in [0.1, 0.15) is 16.7 Å². The third-order valence-corrected chi connectivity index (χ3v) is 2.84. The summed E-state index contributed by atoms with van der Waals surface area (Å²) in [6.07, 6.45) is 1.15. The molecule has 0 saturated carbocycles. The first-order chi connectivity index (χ1) is 6.29. The number of sulfonamides is 1. The first-order valence-electron chi connectivity index (χ1n) is 4.35. The summed E-state index contributed by atoms with van der Waals surface area (Å²) in [6.45, 7) is 5.96. The minimum atomic E-state index is -3.17. The van der Waals surface area contributed by atoms with Gasteiger partial charge in [-0.3, -0.25) is 4.72 Å². The van der Waals surface area contributed by atoms with E-state index in [4.69, 9.17) is 0 Å². The maximum atomic E-state index is 11.0. The van der Waals surface area contributed by atoms with Gasteiger partial charge in [0.25, 0.3) is 0 Å². The van der Waals surface area contributed by atoms with E-state index in [9.17, 15) is 8.42 Å². The molecule has 0 saturated heterocycles. The van der Waals surface area contributed by atoms with Gasteiger partial charge < -0.3 is 0 Å². The number of anilines is 1. The van der Waals surface area contributed by atoms with Crippen LogP contribution in [-0.4, -0.2) is 14.7 Å². The fourth-order valence-electron chi connectivity index (χ4n) is 1.31. The molecule has 1 aromatic carbocycles. The molecule has 0 amide bonds. The molecule has 0 bridgehead atoms. The summed E-state index contributed by atoms with van der Waals surface area (Å²) in [7, 11) is -3.17. The number of benzene rings is 1. The summed E-state index contributed by atoms with van der Waals surface area (Å²) >= 11 is 0. The largest absolute Gasteiger partial charge is 0.284 e. The first-order valence-corrected chi connectivity index (χ1v) is 6.24. The van der Waals surface area contributed by atoms with Crippen LogP contribution >= 0.6 is 0 Å². The van der Waals surface area contributed by atoms with Gasteiger partial charge in [0.05, 0.1) is 6.26 Å². The third-order valence-electron chi connectivity index (χ3n) is 2.23. The number of aryl methyl sites for hydroxylation is 2. The molecule has 4 heteroatoms. The van der Waals surface area contributed by atoms with Crippen molar-refractivity contribution in [3.63, 3.8) is 0 Å². The Morgan fingerprint density at radius 1 is 1.07 bits per heavy atom. The van der Waals surface area contributed by atoms with Crippen LogP contribution in [0.25, 0.3) is 0 Å². The molecule has 78 valence electrons. The normalized spacial score (nSPS) is 11.4. The minimum absolute atomic E-state index is 0.633. The van der Waals surface area contributed by atoms with Crippen LogP contribution in [0.2, 0.25) is 0 Å². The summed E-state index contributed by atoms with van der Waals surface area (Å²) < 4.78 is 24.5. The minimum Gasteiger partial charge on any atom is -0.284 e. The van der Waals surface area contributed by atoms with Crippen LogP contribution in [0.5, 0.6) is 0 Å². The van der Waals surface area contributed by atoms with Gasteiger partial charge in [-0.1, -0.05) is 0 Å². The van der Waals surface area contributed by atoms with Crippen molar-refractivity contribution in [1.29, 1.82) is 0 Å². The summed E-state index contributed by atoms with van der Waals surface area (Å²) in [5, 5.41) is 0. The van der Waals surface area contributed by atoms with E-state index in [-0.39, 0.29) is 0 Å². The van der Waals surface area contributed by atoms with Gasteiger partial charge in [0.2, 0.25) is 10.0 Å². The van der Waals surface area contributed by atoms with E-state index < -0.39 is 10.0 Å². The topological polar surface area (TPSA) is 46.2 Å². The Labute approximate surface area is 85.2 Å². The van der Waals surface area contributed by atoms with E-state index in [0.29, 0.717) is 5.69 Å². The Balaban J connectivity index is 3.14. The summed E-state index contributed by atoms with van der Waals surface area (Å²) in [5.41, 5.74) is 4.02. The van der Waals surface area contributed by atoms with Gasteiger partial charge in [0, 0.05) is 5.69 Å². The summed E-state index contributed by atoms with van der Waals surface area (Å²) in [4.78, 5) is 0. The standard InChI is InChI=1S/C10H15NO2S/c1-7-5-10(11-14(4,12)13)6-8(2)9(7)3/h5-6,11H,1-4H3. The van der Waals surface area contributed by atoms with Crippen molar-refractivity contribution in [2.45, 2.75) is 20.8 Å². The van der Waals surface area contributed by atoms with Gasteiger partial charge in [-0.25, -0.2) is 8.42 Å². The molecular formula is C10H15NO2S. The van der Waals surface area contributed by atoms with Crippen molar-refractivity contribution >= 4 is 15.7 Å². The average Bonchev–Trinajstić information content (AvgIpc) is 1.96. The van der Waals surface area contributed by atoms with Gasteiger partial charge in [0.15, 0.2) is 0 Å². The van der Waals surface area contributed by atoms with Crippen molar-refractivity contribution in [3.8, 4) is 0 Å². The Morgan fingerprint density at radius 3 is 1.86 bits per heavy atom. The van der Waals surface area contributed by atoms with E-state index in [0.717, 1.165) is 17.4 Å². The highest BCUT2D eigenvalue weighted by atomic mass is 32.2. The van der Waals surface area contributed by atoms with E-state index in [2.05, 4.69) is 4.72 Å². The maximum absolute atomic E-state index is 11.0. The van der Waals surface area contributed by atoms with Gasteiger partial charge in [-0.15, -0.1) is 0 Å². The molecule has 0 spiro atoms. The highest BCUT2D eigenvalue weighted by molar-refractivity contribution is 7.92. The van der Waals surface area contributed by atoms with Gasteiger partial charge in [-0.05, 0) is 49.6 Å². The Morgan fingerprint density at radius 2 is 1.50 bits per heavy atom. The Kier molecular flexibility index (Phi) is 2.85. The molecule has 0 unspecified atom stereocenters. The molecule has 3 nitrogen and oxygen atoms in total. The SMILES string of the molecule is Cc1cc(NS(C)(=O)=O)cc(C)c1C. The van der Waals surface area contributed by atoms with Crippen LogP contribution in [0.4, 0.5) is 5.69 Å². The maximum Gasteiger partial charge on any atom is 0.229 e. The van der Waals surface area contributed by atoms with Gasteiger partial charge >= 0.3 is 0 Å². The quantitative estimate of drug-likeness (QED) is 0.816. The monoisotopic (exact) mass is 213 g/mol. The van der Waals surface area contributed by atoms with Gasteiger partial charge in [0.1, 0.15) is 0 Å². The number of rotatable bonds is 2. The van der Waals surface area contributed by atoms with E-state index in [1.54, 1.807) is 0 Å². The molecule has 0 radical (unpaired) electrons. The molecular weight excluding hydrogens is 198 g/mol. The Hall–Kier alpha value is -1.03. The zero-order valence-electron chi connectivity index (χ0n) is 8.88. The molecule has 0 heterocycles. The summed E-state index contributed by atoms with van der Waals surface area (Å²) in [6, 6.07) is 3.67. The highest BCUT2D eigenvalue weighted by Crippen LogP contribution is 2.19. The van der Waals surface area contributed by atoms with Crippen LogP contribution < -0.4 is 4.72 Å². The van der Waals surface area contributed by atoms with Crippen molar-refractivity contribution < 1.29 is 8.42 Å². The molecule has 1 aromatic rings. The highest BCUT2D eigenvalue weighted by Gasteiger charge is 2.04. The average molecular weight is 213 g/mol. The van der Waals surface area contributed by atoms with Crippen LogP contribution in [-0.2, 0) is 10.0 Å². The second-order valence-corrected chi connectivity index (χ2v) is 5.36. The van der Waals surface area contributed by atoms with E-state index >= 15 is 0 Å². The molecule has 0 aliphatic rings. The molecule has 0 atom stereocenters. The van der Waals surface area contributed by atoms with E-state index in [1.807, 2.05) is 32.9 Å². The molecule has 0 fully saturated rings. The third kappa shape index (κ3) is 2.73. The second kappa shape index (κ2) is 3.61. The zero-order valence-corrected chi connectivity index (χ0v) is 9.70. The van der Waals surface area contributed by atoms with Crippen molar-refractivity contribution in [3.05, 3.63) is 28.8 Å². The zero-order chi connectivity index (χ0) is 10.9. The fourth-order valence-corrected chi connectivity index (χ4v) is 1.85. The van der Waals surface area contributed by atoms with Crippen molar-refractivity contribution in [1.82, 2.24) is 0 Å². The van der Waals surface area contributed by atoms with Crippen molar-refractivity contribution in [2.24, 2.45) is 0 Å². The molecule has 1 N–H and O–H groups in total. The number of hydrogen-bond acceptors (Lipinski definition) is 2. The fraction of sp³-hybridized carbons (Fsp3) is 0.400. The second-order valence-electron chi connectivity index (χ2n) is 3.61. The molecule has 0 aliphatic heterocycles. The summed E-state index contributed by atoms with van der Waals surface area (Å²) in [5.74, 6) is 0. The van der Waals surface area contributed by atoms with Crippen LogP contribution in [0.15, 0.2) is 12.1 Å². The number of nitrogens with one attached hydrogen (secondary N) is 1. The lowest BCUT2D eigenvalue weighted by molar-refractivity contribution is 0.607. The molecule has 0 aromatic heterocycles. The van der Waals surface area contributed by atoms with Gasteiger partial charge in [-0.2, -0.15) is 0 Å². The van der Waals surface area contributed by atoms with Crippen LogP contribution in [0, 0.1) is 20.8 Å². The lowest BCUT2D eigenvalue weighted by Gasteiger charge is -2.09. The van der Waals surface area contributed by atoms with Crippen molar-refractivity contribution in [2.75, 3.05) is 11.0 Å². The predicted molar refractivity (Wildman–Crippen MR) is 59.1 cm³/mol. The predicted octanol–water partition coefficient (Wildman–Crippen LogP) is 1.98. The van der Waals surface area contributed by atoms with E-state index in [1.165, 1.54) is 5.56 Å². The molecule has 1 rings (SSSR count). The number of hydrogen-bond donors (Lipinski definition) is 1. The smallest absolute Gasteiger partial charge is 0.229 e.